The van der Waals surface area contributed by atoms with E-state index >= 15 is 0 Å². The third-order valence-corrected chi connectivity index (χ3v) is 4.73. The van der Waals surface area contributed by atoms with Crippen molar-refractivity contribution in [1.82, 2.24) is 0 Å². The van der Waals surface area contributed by atoms with Crippen LogP contribution < -0.4 is 0 Å². The van der Waals surface area contributed by atoms with Crippen molar-refractivity contribution in [1.29, 1.82) is 0 Å². The Morgan fingerprint density at radius 1 is 1.00 bits per heavy atom. The number of benzene rings is 3. The number of fused-ring (bicyclic) bond motifs is 1. The van der Waals surface area contributed by atoms with E-state index in [1.54, 1.807) is 23.9 Å². The van der Waals surface area contributed by atoms with Gasteiger partial charge >= 0.3 is 0 Å². The van der Waals surface area contributed by atoms with Crippen molar-refractivity contribution in [3.63, 3.8) is 0 Å². The second kappa shape index (κ2) is 5.96. The Balaban J connectivity index is 1.90. The fraction of sp³-hybridized carbons (Fsp3) is 0.0588. The quantitative estimate of drug-likeness (QED) is 0.631. The van der Waals surface area contributed by atoms with Crippen LogP contribution in [0, 0.1) is 5.82 Å². The molecule has 3 rings (SSSR count). The molecule has 0 saturated carbocycles. The van der Waals surface area contributed by atoms with Gasteiger partial charge in [0.05, 0.1) is 0 Å². The SMILES string of the molecule is Oc1ccc(SCc2ccc(F)cc2Cl)c2ccccc12. The highest BCUT2D eigenvalue weighted by Crippen LogP contribution is 2.35. The molecule has 0 aliphatic carbocycles. The number of phenols is 1. The summed E-state index contributed by atoms with van der Waals surface area (Å²) in [5, 5.41) is 12.1. The van der Waals surface area contributed by atoms with Crippen LogP contribution in [0.25, 0.3) is 10.8 Å². The average molecular weight is 319 g/mol. The second-order valence-electron chi connectivity index (χ2n) is 4.65. The number of halogens is 2. The molecule has 0 heterocycles. The van der Waals surface area contributed by atoms with Crippen LogP contribution in [0.1, 0.15) is 5.56 Å². The number of rotatable bonds is 3. The minimum Gasteiger partial charge on any atom is -0.507 e. The third kappa shape index (κ3) is 2.99. The van der Waals surface area contributed by atoms with Gasteiger partial charge < -0.3 is 5.11 Å². The van der Waals surface area contributed by atoms with E-state index in [2.05, 4.69) is 0 Å². The van der Waals surface area contributed by atoms with E-state index in [0.29, 0.717) is 10.8 Å². The lowest BCUT2D eigenvalue weighted by molar-refractivity contribution is 0.481. The molecule has 0 atom stereocenters. The van der Waals surface area contributed by atoms with E-state index in [4.69, 9.17) is 11.6 Å². The minimum atomic E-state index is -0.330. The zero-order chi connectivity index (χ0) is 14.8. The first-order chi connectivity index (χ1) is 10.1. The first-order valence-electron chi connectivity index (χ1n) is 6.42. The molecule has 0 aliphatic heterocycles. The summed E-state index contributed by atoms with van der Waals surface area (Å²) in [7, 11) is 0. The summed E-state index contributed by atoms with van der Waals surface area (Å²) in [5.41, 5.74) is 0.889. The molecule has 0 amide bonds. The summed E-state index contributed by atoms with van der Waals surface area (Å²) in [4.78, 5) is 1.06. The van der Waals surface area contributed by atoms with Gasteiger partial charge in [0.15, 0.2) is 0 Å². The lowest BCUT2D eigenvalue weighted by Gasteiger charge is -2.09. The van der Waals surface area contributed by atoms with E-state index in [-0.39, 0.29) is 11.6 Å². The molecule has 1 nitrogen and oxygen atoms in total. The Hall–Kier alpha value is -1.71. The van der Waals surface area contributed by atoms with Crippen molar-refractivity contribution < 1.29 is 9.50 Å². The van der Waals surface area contributed by atoms with Crippen molar-refractivity contribution in [2.45, 2.75) is 10.6 Å². The van der Waals surface area contributed by atoms with Crippen LogP contribution in [0.4, 0.5) is 4.39 Å². The zero-order valence-electron chi connectivity index (χ0n) is 11.0. The van der Waals surface area contributed by atoms with Crippen molar-refractivity contribution >= 4 is 34.1 Å². The summed E-state index contributed by atoms with van der Waals surface area (Å²) in [5.74, 6) is 0.590. The molecule has 0 bridgehead atoms. The maximum atomic E-state index is 13.0. The van der Waals surface area contributed by atoms with Crippen LogP contribution >= 0.6 is 23.4 Å². The third-order valence-electron chi connectivity index (χ3n) is 3.26. The van der Waals surface area contributed by atoms with Gasteiger partial charge in [-0.25, -0.2) is 4.39 Å². The van der Waals surface area contributed by atoms with E-state index in [1.165, 1.54) is 12.1 Å². The summed E-state index contributed by atoms with van der Waals surface area (Å²) in [6.07, 6.45) is 0. The molecule has 0 aromatic heterocycles. The molecule has 4 heteroatoms. The number of hydrogen-bond donors (Lipinski definition) is 1. The molecular weight excluding hydrogens is 307 g/mol. The molecule has 0 fully saturated rings. The van der Waals surface area contributed by atoms with Gasteiger partial charge in [0.1, 0.15) is 11.6 Å². The van der Waals surface area contributed by atoms with Gasteiger partial charge in [0, 0.05) is 21.1 Å². The predicted molar refractivity (Wildman–Crippen MR) is 86.6 cm³/mol. The minimum absolute atomic E-state index is 0.273. The Kier molecular flexibility index (Phi) is 4.04. The van der Waals surface area contributed by atoms with E-state index in [9.17, 15) is 9.50 Å². The molecule has 3 aromatic carbocycles. The number of phenolic OH excluding ortho intramolecular Hbond substituents is 1. The monoisotopic (exact) mass is 318 g/mol. The van der Waals surface area contributed by atoms with Crippen molar-refractivity contribution in [2.75, 3.05) is 0 Å². The van der Waals surface area contributed by atoms with Crippen molar-refractivity contribution in [3.05, 3.63) is 71.0 Å². The maximum Gasteiger partial charge on any atom is 0.124 e. The van der Waals surface area contributed by atoms with Crippen LogP contribution in [-0.2, 0) is 5.75 Å². The molecule has 21 heavy (non-hydrogen) atoms. The number of aromatic hydroxyl groups is 1. The predicted octanol–water partition coefficient (Wildman–Crippen LogP) is 5.63. The molecule has 106 valence electrons. The van der Waals surface area contributed by atoms with Gasteiger partial charge in [0.25, 0.3) is 0 Å². The normalized spacial score (nSPS) is 11.0. The fourth-order valence-electron chi connectivity index (χ4n) is 2.18. The van der Waals surface area contributed by atoms with Crippen LogP contribution in [0.15, 0.2) is 59.5 Å². The smallest absolute Gasteiger partial charge is 0.124 e. The number of hydrogen-bond acceptors (Lipinski definition) is 2. The first kappa shape index (κ1) is 14.2. The van der Waals surface area contributed by atoms with Crippen LogP contribution in [0.3, 0.4) is 0 Å². The van der Waals surface area contributed by atoms with Crippen molar-refractivity contribution in [2.24, 2.45) is 0 Å². The highest BCUT2D eigenvalue weighted by Gasteiger charge is 2.07. The van der Waals surface area contributed by atoms with Gasteiger partial charge in [-0.3, -0.25) is 0 Å². The van der Waals surface area contributed by atoms with E-state index in [0.717, 1.165) is 21.2 Å². The Morgan fingerprint density at radius 3 is 2.52 bits per heavy atom. The van der Waals surface area contributed by atoms with Gasteiger partial charge in [-0.2, -0.15) is 0 Å². The van der Waals surface area contributed by atoms with Crippen molar-refractivity contribution in [3.8, 4) is 5.75 Å². The highest BCUT2D eigenvalue weighted by atomic mass is 35.5. The molecule has 0 unspecified atom stereocenters. The Morgan fingerprint density at radius 2 is 1.76 bits per heavy atom. The van der Waals surface area contributed by atoms with Gasteiger partial charge in [0.2, 0.25) is 0 Å². The lowest BCUT2D eigenvalue weighted by Crippen LogP contribution is -1.85. The average Bonchev–Trinajstić information content (AvgIpc) is 2.48. The Bertz CT molecular complexity index is 804. The Labute approximate surface area is 131 Å². The van der Waals surface area contributed by atoms with E-state index in [1.807, 2.05) is 30.3 Å². The van der Waals surface area contributed by atoms with Gasteiger partial charge in [-0.15, -0.1) is 11.8 Å². The topological polar surface area (TPSA) is 20.2 Å². The highest BCUT2D eigenvalue weighted by molar-refractivity contribution is 7.98. The largest absolute Gasteiger partial charge is 0.507 e. The molecule has 0 saturated heterocycles. The van der Waals surface area contributed by atoms with Gasteiger partial charge in [-0.05, 0) is 35.2 Å². The molecule has 0 radical (unpaired) electrons. The van der Waals surface area contributed by atoms with Gasteiger partial charge in [-0.1, -0.05) is 41.9 Å². The lowest BCUT2D eigenvalue weighted by atomic mass is 10.1. The molecule has 0 aliphatic rings. The van der Waals surface area contributed by atoms with E-state index < -0.39 is 0 Å². The summed E-state index contributed by atoms with van der Waals surface area (Å²) in [6.45, 7) is 0. The number of thioether (sulfide) groups is 1. The summed E-state index contributed by atoms with van der Waals surface area (Å²) >= 11 is 7.66. The summed E-state index contributed by atoms with van der Waals surface area (Å²) < 4.78 is 13.0. The molecule has 1 N–H and O–H groups in total. The first-order valence-corrected chi connectivity index (χ1v) is 7.79. The summed E-state index contributed by atoms with van der Waals surface area (Å²) in [6, 6.07) is 15.7. The zero-order valence-corrected chi connectivity index (χ0v) is 12.6. The van der Waals surface area contributed by atoms with Crippen LogP contribution in [0.5, 0.6) is 5.75 Å². The molecule has 3 aromatic rings. The van der Waals surface area contributed by atoms with Crippen LogP contribution in [0.2, 0.25) is 5.02 Å². The molecule has 0 spiro atoms. The second-order valence-corrected chi connectivity index (χ2v) is 6.08. The standard InChI is InChI=1S/C17H12ClFOS/c18-15-9-12(19)6-5-11(15)10-21-17-8-7-16(20)13-3-1-2-4-14(13)17/h1-9,20H,10H2. The molecular formula is C17H12ClFOS. The van der Waals surface area contributed by atoms with Crippen LogP contribution in [-0.4, -0.2) is 5.11 Å². The fourth-order valence-corrected chi connectivity index (χ4v) is 3.55. The maximum absolute atomic E-state index is 13.0.